The first kappa shape index (κ1) is 28.5. The highest BCUT2D eigenvalue weighted by molar-refractivity contribution is 7.97. The molecule has 41 heavy (non-hydrogen) atoms. The molecule has 6 N–H and O–H groups in total. The van der Waals surface area contributed by atoms with Gasteiger partial charge >= 0.3 is 0 Å². The zero-order valence-corrected chi connectivity index (χ0v) is 24.2. The van der Waals surface area contributed by atoms with Crippen molar-refractivity contribution in [3.63, 3.8) is 0 Å². The van der Waals surface area contributed by atoms with Crippen molar-refractivity contribution < 1.29 is 9.59 Å². The number of carbonyl (C=O) groups excluding carboxylic acids is 2. The lowest BCUT2D eigenvalue weighted by Crippen LogP contribution is -2.57. The van der Waals surface area contributed by atoms with Gasteiger partial charge in [-0.3, -0.25) is 29.9 Å². The van der Waals surface area contributed by atoms with E-state index in [-0.39, 0.29) is 33.9 Å². The van der Waals surface area contributed by atoms with Crippen LogP contribution in [0.15, 0.2) is 46.5 Å². The Kier molecular flexibility index (Phi) is 8.24. The van der Waals surface area contributed by atoms with E-state index >= 15 is 0 Å². The Morgan fingerprint density at radius 3 is 2.68 bits per heavy atom. The van der Waals surface area contributed by atoms with Crippen LogP contribution in [0, 0.1) is 6.92 Å². The van der Waals surface area contributed by atoms with Crippen LogP contribution in [0.5, 0.6) is 0 Å². The second-order valence-electron chi connectivity index (χ2n) is 10.0. The van der Waals surface area contributed by atoms with Gasteiger partial charge in [0, 0.05) is 29.7 Å². The van der Waals surface area contributed by atoms with Crippen molar-refractivity contribution >= 4 is 53.0 Å². The van der Waals surface area contributed by atoms with E-state index in [1.165, 1.54) is 0 Å². The third-order valence-electron chi connectivity index (χ3n) is 6.84. The molecule has 1 saturated heterocycles. The number of aromatic nitrogens is 4. The lowest BCUT2D eigenvalue weighted by molar-refractivity contribution is 0.0668. The number of carbonyl (C=O) groups is 2. The number of amides is 2. The van der Waals surface area contributed by atoms with Gasteiger partial charge < -0.3 is 21.7 Å². The number of nitrogens with zero attached hydrogens (tertiary/aromatic N) is 7. The van der Waals surface area contributed by atoms with Gasteiger partial charge in [0.1, 0.15) is 0 Å². The lowest BCUT2D eigenvalue weighted by Gasteiger charge is -2.39. The van der Waals surface area contributed by atoms with Gasteiger partial charge in [-0.05, 0) is 57.0 Å². The van der Waals surface area contributed by atoms with Crippen LogP contribution in [0.4, 0.5) is 11.6 Å². The number of guanidine groups is 1. The molecule has 0 radical (unpaired) electrons. The van der Waals surface area contributed by atoms with Gasteiger partial charge in [-0.15, -0.1) is 0 Å². The summed E-state index contributed by atoms with van der Waals surface area (Å²) in [5.74, 6) is -0.476. The van der Waals surface area contributed by atoms with E-state index in [1.807, 2.05) is 43.1 Å². The number of hydrogen-bond donors (Lipinski definition) is 4. The molecule has 0 bridgehead atoms. The average Bonchev–Trinajstić information content (AvgIpc) is 3.33. The molecule has 0 aliphatic carbocycles. The topological polar surface area (TPSA) is 181 Å². The minimum atomic E-state index is -0.594. The first-order valence-electron chi connectivity index (χ1n) is 12.9. The van der Waals surface area contributed by atoms with Crippen LogP contribution in [-0.2, 0) is 6.54 Å². The molecule has 2 aliphatic rings. The van der Waals surface area contributed by atoms with Gasteiger partial charge in [-0.1, -0.05) is 17.7 Å². The van der Waals surface area contributed by atoms with Crippen LogP contribution < -0.4 is 22.1 Å². The van der Waals surface area contributed by atoms with E-state index in [1.54, 1.807) is 24.3 Å². The Labute approximate surface area is 246 Å². The van der Waals surface area contributed by atoms with Crippen molar-refractivity contribution in [1.82, 2.24) is 39.8 Å². The molecule has 1 spiro atoms. The quantitative estimate of drug-likeness (QED) is 0.305. The number of aryl methyl sites for hydroxylation is 1. The van der Waals surface area contributed by atoms with Crippen LogP contribution in [0.3, 0.4) is 0 Å². The number of nitrogen functional groups attached to an aromatic ring is 2. The Hall–Kier alpha value is -4.01. The molecule has 3 aromatic rings. The van der Waals surface area contributed by atoms with E-state index in [0.717, 1.165) is 16.3 Å². The highest BCUT2D eigenvalue weighted by Crippen LogP contribution is 2.28. The van der Waals surface area contributed by atoms with Crippen LogP contribution >= 0.6 is 23.5 Å². The third kappa shape index (κ3) is 6.66. The minimum Gasteiger partial charge on any atom is -0.382 e. The monoisotopic (exact) mass is 595 g/mol. The summed E-state index contributed by atoms with van der Waals surface area (Å²) in [6.45, 7) is 4.10. The normalized spacial score (nSPS) is 16.0. The predicted molar refractivity (Wildman–Crippen MR) is 157 cm³/mol. The molecular formula is C26H30ClN11O2S. The number of hydrogen-bond acceptors (Lipinski definition) is 12. The molecule has 2 aromatic heterocycles. The maximum atomic E-state index is 13.3. The summed E-state index contributed by atoms with van der Waals surface area (Å²) >= 11 is 7.44. The fourth-order valence-electron chi connectivity index (χ4n) is 4.64. The lowest BCUT2D eigenvalue weighted by atomic mass is 9.88. The summed E-state index contributed by atoms with van der Waals surface area (Å²) in [6.07, 6.45) is 4.87. The first-order valence-corrected chi connectivity index (χ1v) is 14.0. The molecule has 2 aliphatic heterocycles. The summed E-state index contributed by atoms with van der Waals surface area (Å²) in [6, 6.07) is 7.63. The zero-order chi connectivity index (χ0) is 29.1. The van der Waals surface area contributed by atoms with Crippen LogP contribution in [0.1, 0.15) is 45.1 Å². The van der Waals surface area contributed by atoms with Gasteiger partial charge in [0.2, 0.25) is 0 Å². The summed E-state index contributed by atoms with van der Waals surface area (Å²) in [4.78, 5) is 49.8. The van der Waals surface area contributed by atoms with E-state index in [2.05, 4.69) is 39.9 Å². The standard InChI is InChI=1S/C26H30ClN11O2S/c1-15-11-31-17(12-30-15)13-37(2)41-18-5-3-4-16(10-18)24(40)38-8-6-26(7-9-38)14-32-25(36-26)35-23(39)19-21(28)34-22(29)20(27)33-19/h3-5,10-12H,6-9,13-14H2,1-2H3,(H4,28,29,34)(H2,32,35,36,39). The Morgan fingerprint density at radius 1 is 1.17 bits per heavy atom. The van der Waals surface area contributed by atoms with Crippen molar-refractivity contribution in [1.29, 1.82) is 0 Å². The number of halogens is 1. The molecular weight excluding hydrogens is 566 g/mol. The largest absolute Gasteiger partial charge is 0.382 e. The van der Waals surface area contributed by atoms with E-state index in [0.29, 0.717) is 50.5 Å². The molecule has 2 amide bonds. The Morgan fingerprint density at radius 2 is 1.95 bits per heavy atom. The van der Waals surface area contributed by atoms with Crippen molar-refractivity contribution in [3.05, 3.63) is 64.5 Å². The number of nitrogens with two attached hydrogens (primary N) is 2. The molecule has 0 unspecified atom stereocenters. The number of rotatable bonds is 6. The molecule has 0 atom stereocenters. The highest BCUT2D eigenvalue weighted by atomic mass is 35.5. The van der Waals surface area contributed by atoms with Gasteiger partial charge in [-0.2, -0.15) is 0 Å². The van der Waals surface area contributed by atoms with Gasteiger partial charge in [-0.25, -0.2) is 14.3 Å². The second-order valence-corrected chi connectivity index (χ2v) is 11.6. The molecule has 0 saturated carbocycles. The summed E-state index contributed by atoms with van der Waals surface area (Å²) < 4.78 is 2.05. The molecule has 214 valence electrons. The summed E-state index contributed by atoms with van der Waals surface area (Å²) in [5.41, 5.74) is 13.3. The predicted octanol–water partition coefficient (Wildman–Crippen LogP) is 1.90. The Bertz CT molecular complexity index is 1490. The third-order valence-corrected chi connectivity index (χ3v) is 8.03. The molecule has 13 nitrogen and oxygen atoms in total. The summed E-state index contributed by atoms with van der Waals surface area (Å²) in [7, 11) is 1.98. The van der Waals surface area contributed by atoms with Crippen LogP contribution in [0.2, 0.25) is 5.15 Å². The smallest absolute Gasteiger partial charge is 0.280 e. The van der Waals surface area contributed by atoms with Crippen LogP contribution in [0.25, 0.3) is 0 Å². The molecule has 5 rings (SSSR count). The zero-order valence-electron chi connectivity index (χ0n) is 22.6. The van der Waals surface area contributed by atoms with E-state index < -0.39 is 5.91 Å². The number of benzene rings is 1. The molecule has 4 heterocycles. The number of aliphatic imine (C=N–C) groups is 1. The molecule has 15 heteroatoms. The van der Waals surface area contributed by atoms with Crippen molar-refractivity contribution in [2.24, 2.45) is 4.99 Å². The fraction of sp³-hybridized carbons (Fsp3) is 0.346. The maximum Gasteiger partial charge on any atom is 0.280 e. The average molecular weight is 596 g/mol. The number of piperidine rings is 1. The highest BCUT2D eigenvalue weighted by Gasteiger charge is 2.40. The maximum absolute atomic E-state index is 13.3. The van der Waals surface area contributed by atoms with E-state index in [9.17, 15) is 9.59 Å². The number of likely N-dealkylation sites (tertiary alicyclic amines) is 1. The number of nitrogens with one attached hydrogen (secondary N) is 2. The van der Waals surface area contributed by atoms with Gasteiger partial charge in [0.25, 0.3) is 11.8 Å². The minimum absolute atomic E-state index is 0.0175. The van der Waals surface area contributed by atoms with Gasteiger partial charge in [0.05, 0.1) is 36.2 Å². The SMILES string of the molecule is Cc1cnc(CN(C)Sc2cccc(C(=O)N3CCC4(CC3)CN=C(NC(=O)c3nc(Cl)c(N)nc3N)N4)c2)cn1. The molecule has 1 aromatic carbocycles. The van der Waals surface area contributed by atoms with Crippen molar-refractivity contribution in [2.45, 2.75) is 36.7 Å². The number of anilines is 2. The first-order chi connectivity index (χ1) is 19.6. The van der Waals surface area contributed by atoms with Crippen LogP contribution in [-0.4, -0.2) is 79.1 Å². The van der Waals surface area contributed by atoms with Gasteiger partial charge in [0.15, 0.2) is 28.4 Å². The van der Waals surface area contributed by atoms with E-state index in [4.69, 9.17) is 23.1 Å². The van der Waals surface area contributed by atoms with Crippen molar-refractivity contribution in [3.8, 4) is 0 Å². The molecule has 1 fully saturated rings. The van der Waals surface area contributed by atoms with Crippen molar-refractivity contribution in [2.75, 3.05) is 38.1 Å². The Balaban J connectivity index is 1.13. The fourth-order valence-corrected chi connectivity index (χ4v) is 5.64. The summed E-state index contributed by atoms with van der Waals surface area (Å²) in [5, 5.41) is 5.89. The second kappa shape index (κ2) is 11.8.